The Morgan fingerprint density at radius 2 is 2.00 bits per heavy atom. The summed E-state index contributed by atoms with van der Waals surface area (Å²) in [7, 11) is 0. The van der Waals surface area contributed by atoms with Crippen molar-refractivity contribution in [1.29, 1.82) is 0 Å². The third-order valence-electron chi connectivity index (χ3n) is 2.24. The van der Waals surface area contributed by atoms with Crippen LogP contribution < -0.4 is 5.43 Å². The van der Waals surface area contributed by atoms with E-state index in [1.807, 2.05) is 30.3 Å². The Bertz CT molecular complexity index is 485. The van der Waals surface area contributed by atoms with Crippen molar-refractivity contribution in [3.05, 3.63) is 42.0 Å². The summed E-state index contributed by atoms with van der Waals surface area (Å²) in [5.41, 5.74) is 3.03. The Kier molecular flexibility index (Phi) is 6.53. The van der Waals surface area contributed by atoms with E-state index in [4.69, 9.17) is 0 Å². The van der Waals surface area contributed by atoms with Crippen LogP contribution >= 0.6 is 0 Å². The Hall–Kier alpha value is -2.63. The molecule has 1 aromatic carbocycles. The molecule has 0 saturated heterocycles. The van der Waals surface area contributed by atoms with Crippen LogP contribution in [0.15, 0.2) is 36.4 Å². The minimum Gasteiger partial charge on any atom is -0.449 e. The van der Waals surface area contributed by atoms with Crippen LogP contribution in [-0.2, 0) is 14.3 Å². The molecular weight excluding hydrogens is 260 g/mol. The second-order valence-electron chi connectivity index (χ2n) is 3.69. The van der Waals surface area contributed by atoms with Crippen molar-refractivity contribution in [2.75, 3.05) is 13.2 Å². The van der Waals surface area contributed by atoms with E-state index in [9.17, 15) is 14.4 Å². The van der Waals surface area contributed by atoms with Gasteiger partial charge in [-0.05, 0) is 18.6 Å². The first-order valence-corrected chi connectivity index (χ1v) is 6.09. The number of benzene rings is 1. The number of ether oxygens (including phenoxy) is 1. The van der Waals surface area contributed by atoms with E-state index in [0.29, 0.717) is 6.29 Å². The van der Waals surface area contributed by atoms with E-state index in [2.05, 4.69) is 10.2 Å². The third-order valence-corrected chi connectivity index (χ3v) is 2.24. The fourth-order valence-electron chi connectivity index (χ4n) is 1.36. The summed E-state index contributed by atoms with van der Waals surface area (Å²) in [5, 5.41) is 0.879. The Morgan fingerprint density at radius 3 is 2.60 bits per heavy atom. The van der Waals surface area contributed by atoms with Gasteiger partial charge in [-0.15, -0.1) is 0 Å². The van der Waals surface area contributed by atoms with Crippen molar-refractivity contribution < 1.29 is 19.1 Å². The van der Waals surface area contributed by atoms with Gasteiger partial charge in [0.1, 0.15) is 6.29 Å². The molecule has 106 valence electrons. The van der Waals surface area contributed by atoms with Gasteiger partial charge in [0.25, 0.3) is 5.91 Å². The summed E-state index contributed by atoms with van der Waals surface area (Å²) in [6.45, 7) is 1.56. The summed E-state index contributed by atoms with van der Waals surface area (Å²) in [4.78, 5) is 33.6. The maximum absolute atomic E-state index is 11.9. The highest BCUT2D eigenvalue weighted by Gasteiger charge is 2.13. The summed E-state index contributed by atoms with van der Waals surface area (Å²) in [6, 6.07) is 9.19. The van der Waals surface area contributed by atoms with E-state index >= 15 is 0 Å². The van der Waals surface area contributed by atoms with Crippen molar-refractivity contribution in [3.63, 3.8) is 0 Å². The molecule has 2 amide bonds. The number of amides is 2. The number of hydrogen-bond acceptors (Lipinski definition) is 4. The first kappa shape index (κ1) is 15.4. The first-order valence-electron chi connectivity index (χ1n) is 6.09. The second kappa shape index (κ2) is 8.47. The predicted octanol–water partition coefficient (Wildman–Crippen LogP) is 1.39. The molecule has 6 heteroatoms. The molecule has 0 radical (unpaired) electrons. The standard InChI is InChI=1S/C14H16N2O4/c1-2-20-14(19)15-16(10-11-17)13(18)9-8-12-6-4-3-5-7-12/h3-9,11H,2,10H2,1H3,(H,15,19)/b9-8+. The van der Waals surface area contributed by atoms with Gasteiger partial charge in [0.2, 0.25) is 0 Å². The number of carbonyl (C=O) groups is 3. The largest absolute Gasteiger partial charge is 0.449 e. The lowest BCUT2D eigenvalue weighted by Gasteiger charge is -2.18. The van der Waals surface area contributed by atoms with Gasteiger partial charge in [-0.2, -0.15) is 0 Å². The van der Waals surface area contributed by atoms with E-state index in [-0.39, 0.29) is 13.2 Å². The Labute approximate surface area is 117 Å². The fraction of sp³-hybridized carbons (Fsp3) is 0.214. The normalized spacial score (nSPS) is 10.1. The zero-order chi connectivity index (χ0) is 14.8. The van der Waals surface area contributed by atoms with Crippen molar-refractivity contribution in [2.24, 2.45) is 0 Å². The summed E-state index contributed by atoms with van der Waals surface area (Å²) in [5.74, 6) is -0.519. The van der Waals surface area contributed by atoms with E-state index in [0.717, 1.165) is 10.6 Å². The van der Waals surface area contributed by atoms with Crippen molar-refractivity contribution in [3.8, 4) is 0 Å². The molecule has 0 aromatic heterocycles. The first-order chi connectivity index (χ1) is 9.67. The molecular formula is C14H16N2O4. The van der Waals surface area contributed by atoms with Crippen molar-refractivity contribution in [2.45, 2.75) is 6.92 Å². The molecule has 1 aromatic rings. The molecule has 6 nitrogen and oxygen atoms in total. The number of hydrogen-bond donors (Lipinski definition) is 1. The quantitative estimate of drug-likeness (QED) is 0.501. The van der Waals surface area contributed by atoms with Gasteiger partial charge in [0, 0.05) is 6.08 Å². The molecule has 0 aliphatic carbocycles. The highest BCUT2D eigenvalue weighted by atomic mass is 16.6. The maximum Gasteiger partial charge on any atom is 0.426 e. The number of hydrazine groups is 1. The highest BCUT2D eigenvalue weighted by molar-refractivity contribution is 5.93. The van der Waals surface area contributed by atoms with Crippen LogP contribution in [0.5, 0.6) is 0 Å². The third kappa shape index (κ3) is 5.34. The van der Waals surface area contributed by atoms with E-state index in [1.165, 1.54) is 6.08 Å². The second-order valence-corrected chi connectivity index (χ2v) is 3.69. The van der Waals surface area contributed by atoms with Crippen LogP contribution in [-0.4, -0.2) is 36.4 Å². The van der Waals surface area contributed by atoms with Crippen LogP contribution in [0.3, 0.4) is 0 Å². The minimum absolute atomic E-state index is 0.175. The SMILES string of the molecule is CCOC(=O)NN(CC=O)C(=O)/C=C/c1ccccc1. The summed E-state index contributed by atoms with van der Waals surface area (Å²) >= 11 is 0. The monoisotopic (exact) mass is 276 g/mol. The number of rotatable bonds is 5. The molecule has 0 aliphatic heterocycles. The van der Waals surface area contributed by atoms with Gasteiger partial charge in [-0.25, -0.2) is 15.2 Å². The lowest BCUT2D eigenvalue weighted by Crippen LogP contribution is -2.46. The van der Waals surface area contributed by atoms with Crippen LogP contribution in [0.25, 0.3) is 6.08 Å². The Balaban J connectivity index is 2.66. The minimum atomic E-state index is -0.782. The van der Waals surface area contributed by atoms with Gasteiger partial charge in [0.05, 0.1) is 13.2 Å². The zero-order valence-electron chi connectivity index (χ0n) is 11.1. The average molecular weight is 276 g/mol. The lowest BCUT2D eigenvalue weighted by molar-refractivity contribution is -0.131. The number of nitrogens with zero attached hydrogens (tertiary/aromatic N) is 1. The smallest absolute Gasteiger partial charge is 0.426 e. The van der Waals surface area contributed by atoms with E-state index < -0.39 is 12.0 Å². The number of nitrogens with one attached hydrogen (secondary N) is 1. The average Bonchev–Trinajstić information content (AvgIpc) is 2.45. The van der Waals surface area contributed by atoms with Crippen LogP contribution in [0.1, 0.15) is 12.5 Å². The fourth-order valence-corrected chi connectivity index (χ4v) is 1.36. The van der Waals surface area contributed by atoms with Crippen LogP contribution in [0, 0.1) is 0 Å². The summed E-state index contributed by atoms with van der Waals surface area (Å²) in [6.07, 6.45) is 2.59. The molecule has 0 atom stereocenters. The molecule has 0 bridgehead atoms. The number of aldehydes is 1. The van der Waals surface area contributed by atoms with E-state index in [1.54, 1.807) is 13.0 Å². The molecule has 0 unspecified atom stereocenters. The topological polar surface area (TPSA) is 75.7 Å². The van der Waals surface area contributed by atoms with Gasteiger partial charge >= 0.3 is 6.09 Å². The molecule has 0 heterocycles. The lowest BCUT2D eigenvalue weighted by atomic mass is 10.2. The van der Waals surface area contributed by atoms with Gasteiger partial charge < -0.3 is 9.53 Å². The van der Waals surface area contributed by atoms with Gasteiger partial charge in [-0.3, -0.25) is 4.79 Å². The van der Waals surface area contributed by atoms with Gasteiger partial charge in [-0.1, -0.05) is 30.3 Å². The number of carbonyl (C=O) groups excluding carboxylic acids is 3. The zero-order valence-corrected chi connectivity index (χ0v) is 11.1. The summed E-state index contributed by atoms with van der Waals surface area (Å²) < 4.78 is 4.65. The van der Waals surface area contributed by atoms with Crippen molar-refractivity contribution in [1.82, 2.24) is 10.4 Å². The van der Waals surface area contributed by atoms with Crippen molar-refractivity contribution >= 4 is 24.4 Å². The molecule has 1 N–H and O–H groups in total. The van der Waals surface area contributed by atoms with Gasteiger partial charge in [0.15, 0.2) is 0 Å². The Morgan fingerprint density at radius 1 is 1.30 bits per heavy atom. The molecule has 20 heavy (non-hydrogen) atoms. The maximum atomic E-state index is 11.9. The van der Waals surface area contributed by atoms with Crippen LogP contribution in [0.2, 0.25) is 0 Å². The predicted molar refractivity (Wildman–Crippen MR) is 73.4 cm³/mol. The molecule has 0 aliphatic rings. The molecule has 0 spiro atoms. The van der Waals surface area contributed by atoms with Crippen LogP contribution in [0.4, 0.5) is 4.79 Å². The molecule has 0 fully saturated rings. The molecule has 0 saturated carbocycles. The molecule has 1 rings (SSSR count). The highest BCUT2D eigenvalue weighted by Crippen LogP contribution is 2.01.